The maximum absolute atomic E-state index is 3.58. The molecule has 0 spiro atoms. The van der Waals surface area contributed by atoms with Gasteiger partial charge >= 0.3 is 0 Å². The lowest BCUT2D eigenvalue weighted by atomic mass is 10.2. The third-order valence-electron chi connectivity index (χ3n) is 1.61. The van der Waals surface area contributed by atoms with Crippen LogP contribution in [-0.2, 0) is 6.42 Å². The fourth-order valence-electron chi connectivity index (χ4n) is 1.14. The molecule has 1 aliphatic rings. The molecule has 1 heterocycles. The third-order valence-corrected chi connectivity index (χ3v) is 3.57. The Bertz CT molecular complexity index is 222. The lowest BCUT2D eigenvalue weighted by Crippen LogP contribution is -1.85. The molecule has 0 aromatic heterocycles. The van der Waals surface area contributed by atoms with Gasteiger partial charge in [0, 0.05) is 4.90 Å². The van der Waals surface area contributed by atoms with Gasteiger partial charge in [0.15, 0.2) is 0 Å². The summed E-state index contributed by atoms with van der Waals surface area (Å²) in [4.78, 5) is 1.43. The number of alkyl halides is 1. The largest absolute Gasteiger partial charge is 0.110 e. The topological polar surface area (TPSA) is 0 Å². The molecule has 0 saturated carbocycles. The van der Waals surface area contributed by atoms with E-state index in [9.17, 15) is 0 Å². The van der Waals surface area contributed by atoms with Crippen molar-refractivity contribution < 1.29 is 0 Å². The van der Waals surface area contributed by atoms with E-state index in [-0.39, 0.29) is 0 Å². The second-order valence-corrected chi connectivity index (χ2v) is 5.30. The van der Waals surface area contributed by atoms with E-state index in [1.807, 2.05) is 11.8 Å². The van der Waals surface area contributed by atoms with E-state index in [0.717, 1.165) is 0 Å². The minimum absolute atomic E-state index is 0.602. The number of thioether (sulfide) groups is 1. The fraction of sp³-hybridized carbons (Fsp3) is 0.250. The molecule has 52 valence electrons. The molecule has 1 unspecified atom stereocenters. The Hall–Kier alpha value is 0.0500. The molecule has 0 nitrogen and oxygen atoms in total. The maximum Gasteiger partial charge on any atom is 0.0688 e. The molecule has 1 atom stereocenters. The number of rotatable bonds is 0. The molecule has 0 bridgehead atoms. The summed E-state index contributed by atoms with van der Waals surface area (Å²) in [6.45, 7) is 0. The molecule has 0 fully saturated rings. The summed E-state index contributed by atoms with van der Waals surface area (Å²) in [6, 6.07) is 8.58. The van der Waals surface area contributed by atoms with Gasteiger partial charge in [-0.15, -0.1) is 11.8 Å². The zero-order valence-electron chi connectivity index (χ0n) is 5.38. The van der Waals surface area contributed by atoms with Crippen LogP contribution in [0.2, 0.25) is 0 Å². The predicted molar refractivity (Wildman–Crippen MR) is 48.7 cm³/mol. The molecule has 2 heteroatoms. The Morgan fingerprint density at radius 3 is 3.00 bits per heavy atom. The predicted octanol–water partition coefficient (Wildman–Crippen LogP) is 3.06. The SMILES string of the molecule is BrC1Cc2ccccc2S1. The third kappa shape index (κ3) is 1.10. The van der Waals surface area contributed by atoms with Crippen molar-refractivity contribution in [1.29, 1.82) is 0 Å². The summed E-state index contributed by atoms with van der Waals surface area (Å²) in [5.74, 6) is 0. The highest BCUT2D eigenvalue weighted by Gasteiger charge is 2.17. The molecule has 2 rings (SSSR count). The number of fused-ring (bicyclic) bond motifs is 1. The molecule has 0 amide bonds. The molecular formula is C8H7BrS. The zero-order chi connectivity index (χ0) is 6.97. The molecule has 0 N–H and O–H groups in total. The van der Waals surface area contributed by atoms with Gasteiger partial charge in [-0.25, -0.2) is 0 Å². The number of halogens is 1. The van der Waals surface area contributed by atoms with Crippen molar-refractivity contribution in [2.24, 2.45) is 0 Å². The van der Waals surface area contributed by atoms with Gasteiger partial charge in [0.25, 0.3) is 0 Å². The van der Waals surface area contributed by atoms with E-state index in [1.165, 1.54) is 16.9 Å². The highest BCUT2D eigenvalue weighted by molar-refractivity contribution is 9.11. The van der Waals surface area contributed by atoms with Crippen LogP contribution in [-0.4, -0.2) is 4.16 Å². The number of hydrogen-bond acceptors (Lipinski definition) is 1. The van der Waals surface area contributed by atoms with Crippen LogP contribution in [0, 0.1) is 0 Å². The van der Waals surface area contributed by atoms with Crippen molar-refractivity contribution in [1.82, 2.24) is 0 Å². The van der Waals surface area contributed by atoms with E-state index in [2.05, 4.69) is 40.2 Å². The van der Waals surface area contributed by atoms with E-state index in [4.69, 9.17) is 0 Å². The number of hydrogen-bond donors (Lipinski definition) is 0. The van der Waals surface area contributed by atoms with Gasteiger partial charge in [0.1, 0.15) is 0 Å². The molecule has 0 radical (unpaired) electrons. The van der Waals surface area contributed by atoms with Gasteiger partial charge in [-0.1, -0.05) is 34.1 Å². The zero-order valence-corrected chi connectivity index (χ0v) is 7.78. The molecule has 1 aliphatic heterocycles. The van der Waals surface area contributed by atoms with Crippen LogP contribution in [0.5, 0.6) is 0 Å². The summed E-state index contributed by atoms with van der Waals surface area (Å²) in [5, 5.41) is 0. The lowest BCUT2D eigenvalue weighted by Gasteiger charge is -1.92. The minimum Gasteiger partial charge on any atom is -0.110 e. The van der Waals surface area contributed by atoms with Gasteiger partial charge in [-0.2, -0.15) is 0 Å². The van der Waals surface area contributed by atoms with Crippen LogP contribution in [0.25, 0.3) is 0 Å². The monoisotopic (exact) mass is 214 g/mol. The quantitative estimate of drug-likeness (QED) is 0.599. The van der Waals surface area contributed by atoms with Crippen molar-refractivity contribution in [2.45, 2.75) is 15.5 Å². The molecule has 0 saturated heterocycles. The molecule has 1 aromatic carbocycles. The van der Waals surface area contributed by atoms with Crippen LogP contribution >= 0.6 is 27.7 Å². The second kappa shape index (κ2) is 2.59. The van der Waals surface area contributed by atoms with E-state index in [1.54, 1.807) is 0 Å². The van der Waals surface area contributed by atoms with E-state index < -0.39 is 0 Å². The highest BCUT2D eigenvalue weighted by atomic mass is 79.9. The molecular weight excluding hydrogens is 208 g/mol. The average molecular weight is 215 g/mol. The summed E-state index contributed by atoms with van der Waals surface area (Å²) in [6.07, 6.45) is 1.17. The van der Waals surface area contributed by atoms with Gasteiger partial charge in [0.2, 0.25) is 0 Å². The fourth-order valence-corrected chi connectivity index (χ4v) is 3.09. The van der Waals surface area contributed by atoms with Gasteiger partial charge in [-0.05, 0) is 18.1 Å². The number of benzene rings is 1. The van der Waals surface area contributed by atoms with Crippen LogP contribution in [0.3, 0.4) is 0 Å². The van der Waals surface area contributed by atoms with E-state index >= 15 is 0 Å². The second-order valence-electron chi connectivity index (χ2n) is 2.34. The Kier molecular flexibility index (Phi) is 1.75. The molecule has 1 aromatic rings. The first-order valence-electron chi connectivity index (χ1n) is 3.25. The molecule has 0 aliphatic carbocycles. The summed E-state index contributed by atoms with van der Waals surface area (Å²) in [7, 11) is 0. The lowest BCUT2D eigenvalue weighted by molar-refractivity contribution is 1.12. The normalized spacial score (nSPS) is 22.7. The van der Waals surface area contributed by atoms with Crippen LogP contribution in [0.4, 0.5) is 0 Å². The first-order chi connectivity index (χ1) is 4.86. The summed E-state index contributed by atoms with van der Waals surface area (Å²) >= 11 is 5.49. The maximum atomic E-state index is 3.58. The van der Waals surface area contributed by atoms with Crippen LogP contribution in [0.1, 0.15) is 5.56 Å². The summed E-state index contributed by atoms with van der Waals surface area (Å²) in [5.41, 5.74) is 1.48. The standard InChI is InChI=1S/C8H7BrS/c9-8-5-6-3-1-2-4-7(6)10-8/h1-4,8H,5H2. The first-order valence-corrected chi connectivity index (χ1v) is 5.04. The first kappa shape index (κ1) is 6.74. The molecule has 10 heavy (non-hydrogen) atoms. The average Bonchev–Trinajstić information content (AvgIpc) is 2.27. The Morgan fingerprint density at radius 2 is 2.20 bits per heavy atom. The van der Waals surface area contributed by atoms with Crippen LogP contribution < -0.4 is 0 Å². The van der Waals surface area contributed by atoms with Crippen molar-refractivity contribution in [3.05, 3.63) is 29.8 Å². The van der Waals surface area contributed by atoms with Crippen molar-refractivity contribution in [3.63, 3.8) is 0 Å². The Morgan fingerprint density at radius 1 is 1.40 bits per heavy atom. The minimum atomic E-state index is 0.602. The van der Waals surface area contributed by atoms with Gasteiger partial charge < -0.3 is 0 Å². The van der Waals surface area contributed by atoms with Gasteiger partial charge in [0.05, 0.1) is 4.16 Å². The van der Waals surface area contributed by atoms with Crippen LogP contribution in [0.15, 0.2) is 29.2 Å². The Labute approximate surface area is 73.1 Å². The summed E-state index contributed by atoms with van der Waals surface area (Å²) < 4.78 is 0.602. The van der Waals surface area contributed by atoms with Crippen molar-refractivity contribution in [3.8, 4) is 0 Å². The van der Waals surface area contributed by atoms with Gasteiger partial charge in [-0.3, -0.25) is 0 Å². The smallest absolute Gasteiger partial charge is 0.0688 e. The Balaban J connectivity index is 2.42. The van der Waals surface area contributed by atoms with Crippen molar-refractivity contribution >= 4 is 27.7 Å². The highest BCUT2D eigenvalue weighted by Crippen LogP contribution is 2.39. The van der Waals surface area contributed by atoms with Crippen molar-refractivity contribution in [2.75, 3.05) is 0 Å². The van der Waals surface area contributed by atoms with E-state index in [0.29, 0.717) is 4.16 Å².